The van der Waals surface area contributed by atoms with Gasteiger partial charge in [0, 0.05) is 22.6 Å². The molecule has 3 aliphatic rings. The Morgan fingerprint density at radius 1 is 1.24 bits per heavy atom. The number of carbonyl (C=O) groups is 2. The summed E-state index contributed by atoms with van der Waals surface area (Å²) >= 11 is 0. The normalized spacial score (nSPS) is 19.3. The molecule has 1 aliphatic carbocycles. The number of aliphatic hydroxyl groups is 1. The summed E-state index contributed by atoms with van der Waals surface area (Å²) in [6, 6.07) is 3.10. The lowest BCUT2D eigenvalue weighted by atomic mass is 9.83. The maximum Gasteiger partial charge on any atom is 0.404 e. The summed E-state index contributed by atoms with van der Waals surface area (Å²) < 4.78 is 26.9. The number of amides is 1. The summed E-state index contributed by atoms with van der Waals surface area (Å²) in [6.07, 6.45) is 2.35. The number of aryl methyl sites for hydroxylation is 2. The van der Waals surface area contributed by atoms with Crippen LogP contribution in [0.3, 0.4) is 0 Å². The number of cyclic esters (lactones) is 1. The molecule has 192 valence electrons. The SMILES string of the molecule is CCC1(O)C(=O)OCc2c1cc1n(c2=O)Cc2c-1nc1cc(F)c(CCCOC(N)=O)c3c1c2CCC3. The second-order valence-electron chi connectivity index (χ2n) is 9.85. The highest BCUT2D eigenvalue weighted by molar-refractivity contribution is 5.92. The maximum atomic E-state index is 15.3. The van der Waals surface area contributed by atoms with Crippen LogP contribution < -0.4 is 11.3 Å². The van der Waals surface area contributed by atoms with Crippen molar-refractivity contribution in [2.45, 2.75) is 64.2 Å². The smallest absolute Gasteiger partial charge is 0.404 e. The Bertz CT molecular complexity index is 1580. The van der Waals surface area contributed by atoms with E-state index in [-0.39, 0.29) is 42.1 Å². The fourth-order valence-corrected chi connectivity index (χ4v) is 6.11. The van der Waals surface area contributed by atoms with Gasteiger partial charge in [0.25, 0.3) is 5.56 Å². The van der Waals surface area contributed by atoms with Crippen LogP contribution in [0.1, 0.15) is 59.6 Å². The van der Waals surface area contributed by atoms with E-state index in [0.29, 0.717) is 48.3 Å². The fourth-order valence-electron chi connectivity index (χ4n) is 6.11. The first-order valence-corrected chi connectivity index (χ1v) is 12.5. The number of pyridine rings is 2. The molecule has 0 saturated carbocycles. The molecule has 2 aromatic heterocycles. The van der Waals surface area contributed by atoms with Gasteiger partial charge in [0.2, 0.25) is 0 Å². The van der Waals surface area contributed by atoms with Crippen LogP contribution >= 0.6 is 0 Å². The summed E-state index contributed by atoms with van der Waals surface area (Å²) in [5.74, 6) is -1.14. The van der Waals surface area contributed by atoms with Crippen LogP contribution in [-0.2, 0) is 52.3 Å². The Morgan fingerprint density at radius 2 is 2.03 bits per heavy atom. The number of primary amides is 1. The fraction of sp³-hybridized carbons (Fsp3) is 0.407. The molecule has 6 rings (SSSR count). The summed E-state index contributed by atoms with van der Waals surface area (Å²) in [5, 5.41) is 12.0. The number of rotatable bonds is 5. The van der Waals surface area contributed by atoms with Gasteiger partial charge in [-0.25, -0.2) is 19.0 Å². The number of carbonyl (C=O) groups excluding carboxylic acids is 2. The maximum absolute atomic E-state index is 15.3. The second-order valence-corrected chi connectivity index (χ2v) is 9.85. The van der Waals surface area contributed by atoms with Gasteiger partial charge in [-0.2, -0.15) is 0 Å². The predicted octanol–water partition coefficient (Wildman–Crippen LogP) is 2.74. The highest BCUT2D eigenvalue weighted by Gasteiger charge is 2.45. The quantitative estimate of drug-likeness (QED) is 0.313. The molecule has 0 spiro atoms. The topological polar surface area (TPSA) is 134 Å². The van der Waals surface area contributed by atoms with Crippen molar-refractivity contribution in [2.24, 2.45) is 5.73 Å². The number of esters is 1. The predicted molar refractivity (Wildman–Crippen MR) is 130 cm³/mol. The standard InChI is InChI=1S/C27H26FN3O6/c1-2-27(35)18-9-21-23-16(11-31(21)24(32)17(18)12-37-25(27)33)15-6-3-5-14-13(7-4-8-36-26(29)34)19(28)10-20(30-23)22(14)15/h9-10,35H,2-8,11-12H2,1H3,(H2,29,34). The van der Waals surface area contributed by atoms with E-state index >= 15 is 4.39 Å². The van der Waals surface area contributed by atoms with E-state index in [2.05, 4.69) is 0 Å². The number of ether oxygens (including phenoxy) is 2. The number of nitrogens with zero attached hydrogens (tertiary/aromatic N) is 2. The Kier molecular flexibility index (Phi) is 5.34. The van der Waals surface area contributed by atoms with Crippen molar-refractivity contribution in [3.63, 3.8) is 0 Å². The minimum Gasteiger partial charge on any atom is -0.458 e. The molecule has 1 atom stereocenters. The van der Waals surface area contributed by atoms with Crippen molar-refractivity contribution in [1.82, 2.24) is 9.55 Å². The van der Waals surface area contributed by atoms with Gasteiger partial charge >= 0.3 is 12.1 Å². The van der Waals surface area contributed by atoms with E-state index in [1.165, 1.54) is 6.07 Å². The van der Waals surface area contributed by atoms with Crippen molar-refractivity contribution in [1.29, 1.82) is 0 Å². The average molecular weight is 508 g/mol. The van der Waals surface area contributed by atoms with Gasteiger partial charge in [0.1, 0.15) is 12.4 Å². The molecule has 2 aliphatic heterocycles. The molecule has 9 nitrogen and oxygen atoms in total. The van der Waals surface area contributed by atoms with E-state index in [1.807, 2.05) is 0 Å². The van der Waals surface area contributed by atoms with Crippen LogP contribution in [0, 0.1) is 5.82 Å². The van der Waals surface area contributed by atoms with Crippen LogP contribution in [0.5, 0.6) is 0 Å². The molecule has 0 bridgehead atoms. The first kappa shape index (κ1) is 23.6. The lowest BCUT2D eigenvalue weighted by molar-refractivity contribution is -0.172. The molecule has 4 heterocycles. The molecule has 1 amide bonds. The molecule has 1 aromatic carbocycles. The van der Waals surface area contributed by atoms with Crippen LogP contribution in [0.25, 0.3) is 22.3 Å². The number of fused-ring (bicyclic) bond motifs is 5. The van der Waals surface area contributed by atoms with Gasteiger partial charge in [-0.15, -0.1) is 0 Å². The molecule has 3 aromatic rings. The number of halogens is 1. The summed E-state index contributed by atoms with van der Waals surface area (Å²) in [5.41, 5.74) is 8.40. The van der Waals surface area contributed by atoms with Gasteiger partial charge < -0.3 is 24.9 Å². The zero-order valence-corrected chi connectivity index (χ0v) is 20.4. The Morgan fingerprint density at radius 3 is 2.78 bits per heavy atom. The minimum absolute atomic E-state index is 0.0623. The van der Waals surface area contributed by atoms with E-state index < -0.39 is 17.7 Å². The van der Waals surface area contributed by atoms with Crippen molar-refractivity contribution in [2.75, 3.05) is 6.61 Å². The Balaban J connectivity index is 1.51. The number of benzene rings is 1. The summed E-state index contributed by atoms with van der Waals surface area (Å²) in [4.78, 5) is 41.6. The molecule has 3 N–H and O–H groups in total. The molecular weight excluding hydrogens is 481 g/mol. The molecule has 1 unspecified atom stereocenters. The van der Waals surface area contributed by atoms with Crippen molar-refractivity contribution in [3.8, 4) is 11.4 Å². The summed E-state index contributed by atoms with van der Waals surface area (Å²) in [7, 11) is 0. The zero-order chi connectivity index (χ0) is 26.1. The third kappa shape index (κ3) is 3.38. The van der Waals surface area contributed by atoms with E-state index in [1.54, 1.807) is 17.6 Å². The van der Waals surface area contributed by atoms with Crippen molar-refractivity contribution < 1.29 is 28.6 Å². The molecule has 10 heteroatoms. The van der Waals surface area contributed by atoms with Crippen LogP contribution in [0.4, 0.5) is 9.18 Å². The molecule has 0 radical (unpaired) electrons. The van der Waals surface area contributed by atoms with Gasteiger partial charge in [-0.05, 0) is 61.3 Å². The highest BCUT2D eigenvalue weighted by Crippen LogP contribution is 2.43. The average Bonchev–Trinajstić information content (AvgIpc) is 3.25. The lowest BCUT2D eigenvalue weighted by Crippen LogP contribution is -2.44. The Labute approximate surface area is 211 Å². The Hall–Kier alpha value is -3.79. The van der Waals surface area contributed by atoms with Gasteiger partial charge in [-0.3, -0.25) is 4.79 Å². The van der Waals surface area contributed by atoms with Gasteiger partial charge in [0.15, 0.2) is 5.60 Å². The van der Waals surface area contributed by atoms with Gasteiger partial charge in [0.05, 0.1) is 35.6 Å². The summed E-state index contributed by atoms with van der Waals surface area (Å²) in [6.45, 7) is 1.90. The third-order valence-corrected chi connectivity index (χ3v) is 7.93. The molecular formula is C27H26FN3O6. The van der Waals surface area contributed by atoms with Gasteiger partial charge in [-0.1, -0.05) is 6.92 Å². The third-order valence-electron chi connectivity index (χ3n) is 7.93. The first-order chi connectivity index (χ1) is 17.7. The van der Waals surface area contributed by atoms with E-state index in [9.17, 15) is 19.5 Å². The van der Waals surface area contributed by atoms with Crippen molar-refractivity contribution >= 4 is 23.0 Å². The lowest BCUT2D eigenvalue weighted by Gasteiger charge is -2.31. The second kappa shape index (κ2) is 8.37. The minimum atomic E-state index is -1.90. The van der Waals surface area contributed by atoms with Crippen LogP contribution in [-0.4, -0.2) is 33.3 Å². The monoisotopic (exact) mass is 507 g/mol. The van der Waals surface area contributed by atoms with Crippen molar-refractivity contribution in [3.05, 3.63) is 61.7 Å². The largest absolute Gasteiger partial charge is 0.458 e. The van der Waals surface area contributed by atoms with E-state index in [0.717, 1.165) is 34.9 Å². The highest BCUT2D eigenvalue weighted by atomic mass is 19.1. The number of aromatic nitrogens is 2. The van der Waals surface area contributed by atoms with E-state index in [4.69, 9.17) is 20.2 Å². The van der Waals surface area contributed by atoms with Crippen LogP contribution in [0.2, 0.25) is 0 Å². The zero-order valence-electron chi connectivity index (χ0n) is 20.4. The molecule has 37 heavy (non-hydrogen) atoms. The number of hydrogen-bond acceptors (Lipinski definition) is 7. The molecule has 0 fully saturated rings. The number of nitrogens with two attached hydrogens (primary N) is 1. The number of hydrogen-bond donors (Lipinski definition) is 2. The first-order valence-electron chi connectivity index (χ1n) is 12.5. The molecule has 0 saturated heterocycles. The van der Waals surface area contributed by atoms with Crippen LogP contribution in [0.15, 0.2) is 16.9 Å².